The van der Waals surface area contributed by atoms with E-state index in [9.17, 15) is 4.79 Å². The van der Waals surface area contributed by atoms with Crippen LogP contribution in [-0.4, -0.2) is 15.0 Å². The molecule has 4 nitrogen and oxygen atoms in total. The van der Waals surface area contributed by atoms with Gasteiger partial charge in [0.15, 0.2) is 0 Å². The van der Waals surface area contributed by atoms with Gasteiger partial charge in [0.25, 0.3) is 5.56 Å². The molecule has 94 valence electrons. The van der Waals surface area contributed by atoms with Gasteiger partial charge in [-0.3, -0.25) is 9.78 Å². The largest absolute Gasteiger partial charge is 0.310 e. The average Bonchev–Trinajstić information content (AvgIpc) is 2.32. The summed E-state index contributed by atoms with van der Waals surface area (Å²) in [6.07, 6.45) is 1.74. The van der Waals surface area contributed by atoms with Crippen LogP contribution in [0.1, 0.15) is 36.8 Å². The highest BCUT2D eigenvalue weighted by atomic mass is 16.1. The highest BCUT2D eigenvalue weighted by Crippen LogP contribution is 2.20. The molecule has 0 bridgehead atoms. The first-order chi connectivity index (χ1) is 8.49. The van der Waals surface area contributed by atoms with E-state index in [2.05, 4.69) is 15.0 Å². The van der Waals surface area contributed by atoms with Gasteiger partial charge in [0.05, 0.1) is 5.69 Å². The molecule has 0 aliphatic rings. The quantitative estimate of drug-likeness (QED) is 0.881. The van der Waals surface area contributed by atoms with Gasteiger partial charge in [-0.1, -0.05) is 13.8 Å². The number of hydrogen-bond donors (Lipinski definition) is 1. The van der Waals surface area contributed by atoms with Gasteiger partial charge in [-0.05, 0) is 26.0 Å². The highest BCUT2D eigenvalue weighted by Gasteiger charge is 2.11. The van der Waals surface area contributed by atoms with Crippen LogP contribution in [0.2, 0.25) is 0 Å². The summed E-state index contributed by atoms with van der Waals surface area (Å²) in [5.41, 5.74) is 3.17. The molecule has 4 heteroatoms. The van der Waals surface area contributed by atoms with Gasteiger partial charge in [-0.2, -0.15) is 0 Å². The van der Waals surface area contributed by atoms with E-state index < -0.39 is 0 Å². The molecule has 2 heterocycles. The third kappa shape index (κ3) is 2.32. The maximum atomic E-state index is 11.9. The Morgan fingerprint density at radius 2 is 2.00 bits per heavy atom. The lowest BCUT2D eigenvalue weighted by molar-refractivity contribution is 0.765. The number of rotatable bonds is 2. The van der Waals surface area contributed by atoms with Crippen LogP contribution in [0.15, 0.2) is 23.1 Å². The Labute approximate surface area is 106 Å². The summed E-state index contributed by atoms with van der Waals surface area (Å²) >= 11 is 0. The van der Waals surface area contributed by atoms with Crippen molar-refractivity contribution in [3.63, 3.8) is 0 Å². The molecule has 0 saturated carbocycles. The Bertz CT molecular complexity index is 629. The van der Waals surface area contributed by atoms with Gasteiger partial charge in [-0.15, -0.1) is 0 Å². The van der Waals surface area contributed by atoms with Crippen LogP contribution in [0.25, 0.3) is 11.3 Å². The average molecular weight is 243 g/mol. The molecule has 0 aliphatic heterocycles. The third-order valence-corrected chi connectivity index (χ3v) is 2.89. The predicted octanol–water partition coefficient (Wildman–Crippen LogP) is 2.57. The number of aryl methyl sites for hydroxylation is 1. The number of nitrogens with zero attached hydrogens (tertiary/aromatic N) is 2. The number of nitrogens with one attached hydrogen (secondary N) is 1. The number of aromatic nitrogens is 3. The van der Waals surface area contributed by atoms with Crippen molar-refractivity contribution in [1.82, 2.24) is 15.0 Å². The Morgan fingerprint density at radius 1 is 1.28 bits per heavy atom. The van der Waals surface area contributed by atoms with Gasteiger partial charge in [-0.25, -0.2) is 4.98 Å². The normalized spacial score (nSPS) is 10.9. The molecule has 2 aromatic rings. The first-order valence-electron chi connectivity index (χ1n) is 6.03. The van der Waals surface area contributed by atoms with E-state index >= 15 is 0 Å². The molecule has 0 unspecified atom stereocenters. The fourth-order valence-corrected chi connectivity index (χ4v) is 1.80. The zero-order valence-electron chi connectivity index (χ0n) is 11.1. The van der Waals surface area contributed by atoms with Gasteiger partial charge in [0.1, 0.15) is 5.82 Å². The third-order valence-electron chi connectivity index (χ3n) is 2.89. The van der Waals surface area contributed by atoms with Crippen LogP contribution < -0.4 is 5.56 Å². The highest BCUT2D eigenvalue weighted by molar-refractivity contribution is 5.62. The summed E-state index contributed by atoms with van der Waals surface area (Å²) in [5.74, 6) is 0.912. The standard InChI is InChI=1S/C14H17N3O/c1-8(2)13-16-12(10(4)14(18)17-13)11-5-6-15-9(3)7-11/h5-8H,1-4H3,(H,16,17,18). The maximum absolute atomic E-state index is 11.9. The van der Waals surface area contributed by atoms with Crippen LogP contribution in [0.5, 0.6) is 0 Å². The summed E-state index contributed by atoms with van der Waals surface area (Å²) in [4.78, 5) is 23.5. The second kappa shape index (κ2) is 4.72. The van der Waals surface area contributed by atoms with Crippen molar-refractivity contribution in [3.05, 3.63) is 45.8 Å². The smallest absolute Gasteiger partial charge is 0.254 e. The Hall–Kier alpha value is -1.97. The summed E-state index contributed by atoms with van der Waals surface area (Å²) in [5, 5.41) is 0. The van der Waals surface area contributed by atoms with Crippen molar-refractivity contribution in [2.24, 2.45) is 0 Å². The molecule has 0 fully saturated rings. The van der Waals surface area contributed by atoms with Gasteiger partial charge in [0.2, 0.25) is 0 Å². The molecule has 2 rings (SSSR count). The monoisotopic (exact) mass is 243 g/mol. The van der Waals surface area contributed by atoms with Crippen molar-refractivity contribution in [3.8, 4) is 11.3 Å². The zero-order valence-corrected chi connectivity index (χ0v) is 11.1. The number of H-pyrrole nitrogens is 1. The van der Waals surface area contributed by atoms with Gasteiger partial charge in [0, 0.05) is 28.9 Å². The van der Waals surface area contributed by atoms with E-state index in [1.54, 1.807) is 13.1 Å². The SMILES string of the molecule is Cc1cc(-c2nc(C(C)C)[nH]c(=O)c2C)ccn1. The van der Waals surface area contributed by atoms with Crippen LogP contribution >= 0.6 is 0 Å². The second-order valence-electron chi connectivity index (χ2n) is 4.77. The van der Waals surface area contributed by atoms with Crippen molar-refractivity contribution < 1.29 is 0 Å². The predicted molar refractivity (Wildman–Crippen MR) is 71.7 cm³/mol. The molecule has 0 spiro atoms. The summed E-state index contributed by atoms with van der Waals surface area (Å²) in [6.45, 7) is 7.74. The van der Waals surface area contributed by atoms with E-state index in [0.29, 0.717) is 5.56 Å². The fraction of sp³-hybridized carbons (Fsp3) is 0.357. The molecular weight excluding hydrogens is 226 g/mol. The van der Waals surface area contributed by atoms with Crippen LogP contribution in [0.4, 0.5) is 0 Å². The molecule has 0 saturated heterocycles. The Morgan fingerprint density at radius 3 is 2.61 bits per heavy atom. The summed E-state index contributed by atoms with van der Waals surface area (Å²) < 4.78 is 0. The van der Waals surface area contributed by atoms with Crippen molar-refractivity contribution >= 4 is 0 Å². The number of pyridine rings is 1. The van der Waals surface area contributed by atoms with Crippen LogP contribution in [0.3, 0.4) is 0 Å². The minimum Gasteiger partial charge on any atom is -0.310 e. The summed E-state index contributed by atoms with van der Waals surface area (Å²) in [6, 6.07) is 3.82. The molecule has 0 atom stereocenters. The molecule has 1 N–H and O–H groups in total. The van der Waals surface area contributed by atoms with Crippen molar-refractivity contribution in [1.29, 1.82) is 0 Å². The fourth-order valence-electron chi connectivity index (χ4n) is 1.80. The van der Waals surface area contributed by atoms with Crippen molar-refractivity contribution in [2.75, 3.05) is 0 Å². The van der Waals surface area contributed by atoms with E-state index in [0.717, 1.165) is 22.8 Å². The molecule has 2 aromatic heterocycles. The first kappa shape index (κ1) is 12.5. The Kier molecular flexibility index (Phi) is 3.28. The topological polar surface area (TPSA) is 58.6 Å². The molecule has 0 aliphatic carbocycles. The molecule has 0 aromatic carbocycles. The molecule has 0 radical (unpaired) electrons. The van der Waals surface area contributed by atoms with Crippen LogP contribution in [0, 0.1) is 13.8 Å². The summed E-state index contributed by atoms with van der Waals surface area (Å²) in [7, 11) is 0. The van der Waals surface area contributed by atoms with E-state index in [-0.39, 0.29) is 11.5 Å². The lowest BCUT2D eigenvalue weighted by atomic mass is 10.1. The molecule has 18 heavy (non-hydrogen) atoms. The number of aromatic amines is 1. The second-order valence-corrected chi connectivity index (χ2v) is 4.77. The Balaban J connectivity index is 2.67. The van der Waals surface area contributed by atoms with E-state index in [1.807, 2.05) is 32.9 Å². The lowest BCUT2D eigenvalue weighted by Crippen LogP contribution is -2.16. The van der Waals surface area contributed by atoms with Gasteiger partial charge < -0.3 is 4.98 Å². The van der Waals surface area contributed by atoms with Gasteiger partial charge >= 0.3 is 0 Å². The minimum atomic E-state index is -0.0711. The van der Waals surface area contributed by atoms with Crippen LogP contribution in [-0.2, 0) is 0 Å². The van der Waals surface area contributed by atoms with Crippen molar-refractivity contribution in [2.45, 2.75) is 33.6 Å². The zero-order chi connectivity index (χ0) is 13.3. The number of hydrogen-bond acceptors (Lipinski definition) is 3. The lowest BCUT2D eigenvalue weighted by Gasteiger charge is -2.10. The minimum absolute atomic E-state index is 0.0711. The molecular formula is C14H17N3O. The maximum Gasteiger partial charge on any atom is 0.254 e. The van der Waals surface area contributed by atoms with E-state index in [4.69, 9.17) is 0 Å². The van der Waals surface area contributed by atoms with E-state index in [1.165, 1.54) is 0 Å². The molecule has 0 amide bonds. The first-order valence-corrected chi connectivity index (χ1v) is 6.03.